The number of benzene rings is 1. The van der Waals surface area contributed by atoms with Gasteiger partial charge in [0.25, 0.3) is 5.56 Å². The van der Waals surface area contributed by atoms with Crippen molar-refractivity contribution in [2.24, 2.45) is 10.9 Å². The Balaban J connectivity index is 1.99. The Bertz CT molecular complexity index is 1240. The summed E-state index contributed by atoms with van der Waals surface area (Å²) in [5.41, 5.74) is -2.35. The second kappa shape index (κ2) is 8.91. The fraction of sp³-hybridized carbons (Fsp3) is 0.316. The summed E-state index contributed by atoms with van der Waals surface area (Å²) >= 11 is 12.4. The van der Waals surface area contributed by atoms with Gasteiger partial charge in [0, 0.05) is 17.2 Å². The maximum atomic E-state index is 12.7. The summed E-state index contributed by atoms with van der Waals surface area (Å²) in [5.74, 6) is -0.140. The van der Waals surface area contributed by atoms with Crippen molar-refractivity contribution < 1.29 is 22.7 Å². The Labute approximate surface area is 188 Å². The third-order valence-electron chi connectivity index (χ3n) is 4.30. The number of H-pyrrole nitrogens is 1. The molecule has 0 amide bonds. The first-order valence-corrected chi connectivity index (χ1v) is 9.86. The number of aromatic nitrogens is 3. The number of nitrogens with zero attached hydrogens (tertiary/aromatic N) is 3. The van der Waals surface area contributed by atoms with Gasteiger partial charge in [-0.05, 0) is 18.1 Å². The maximum absolute atomic E-state index is 12.7. The number of halogens is 5. The molecular weight excluding hydrogens is 476 g/mol. The van der Waals surface area contributed by atoms with E-state index in [1.54, 1.807) is 4.98 Å². The monoisotopic (exact) mass is 490 g/mol. The maximum Gasteiger partial charge on any atom is 0.408 e. The van der Waals surface area contributed by atoms with E-state index in [1.807, 2.05) is 13.8 Å². The molecule has 0 spiro atoms. The van der Waals surface area contributed by atoms with Crippen molar-refractivity contribution in [2.75, 3.05) is 6.54 Å². The molecule has 0 saturated carbocycles. The molecule has 0 unspecified atom stereocenters. The van der Waals surface area contributed by atoms with Crippen LogP contribution in [-0.4, -0.2) is 39.2 Å². The Hall–Kier alpha value is -2.92. The molecule has 2 heterocycles. The zero-order valence-electron chi connectivity index (χ0n) is 16.6. The molecule has 0 saturated heterocycles. The van der Waals surface area contributed by atoms with Crippen LogP contribution in [0, 0.1) is 5.92 Å². The molecule has 13 heteroatoms. The summed E-state index contributed by atoms with van der Waals surface area (Å²) in [6.45, 7) is 1.88. The van der Waals surface area contributed by atoms with Crippen LogP contribution < -0.4 is 16.0 Å². The Morgan fingerprint density at radius 1 is 1.19 bits per heavy atom. The summed E-state index contributed by atoms with van der Waals surface area (Å²) in [6.07, 6.45) is -3.26. The van der Waals surface area contributed by atoms with E-state index in [2.05, 4.69) is 10.1 Å². The molecule has 0 aliphatic carbocycles. The van der Waals surface area contributed by atoms with Crippen molar-refractivity contribution in [1.82, 2.24) is 14.8 Å². The molecule has 1 N–H and O–H groups in total. The van der Waals surface area contributed by atoms with Crippen LogP contribution in [-0.2, 0) is 11.3 Å². The number of alkyl halides is 3. The van der Waals surface area contributed by atoms with Gasteiger partial charge in [0.05, 0.1) is 10.0 Å². The number of hydrogen-bond acceptors (Lipinski definition) is 6. The topological polar surface area (TPSA) is 106 Å². The molecule has 1 aliphatic heterocycles. The van der Waals surface area contributed by atoms with Crippen LogP contribution in [0.15, 0.2) is 38.4 Å². The van der Waals surface area contributed by atoms with Gasteiger partial charge in [-0.1, -0.05) is 37.0 Å². The van der Waals surface area contributed by atoms with Crippen LogP contribution in [0.1, 0.15) is 13.8 Å². The van der Waals surface area contributed by atoms with Crippen LogP contribution in [0.2, 0.25) is 10.0 Å². The molecule has 1 aromatic heterocycles. The molecule has 0 atom stereocenters. The number of ether oxygens (including phenoxy) is 1. The molecule has 3 rings (SSSR count). The second-order valence-electron chi connectivity index (χ2n) is 7.08. The number of nitrogens with one attached hydrogen (secondary N) is 1. The number of carbonyl (C=O) groups is 1. The van der Waals surface area contributed by atoms with Gasteiger partial charge in [0.15, 0.2) is 17.2 Å². The molecular formula is C19H15Cl2F3N4O4. The van der Waals surface area contributed by atoms with E-state index >= 15 is 0 Å². The van der Waals surface area contributed by atoms with Crippen LogP contribution in [0.4, 0.5) is 13.2 Å². The van der Waals surface area contributed by atoms with Gasteiger partial charge < -0.3 is 4.74 Å². The zero-order valence-corrected chi connectivity index (χ0v) is 18.1. The summed E-state index contributed by atoms with van der Waals surface area (Å²) < 4.78 is 43.7. The highest BCUT2D eigenvalue weighted by atomic mass is 35.5. The predicted octanol–water partition coefficient (Wildman–Crippen LogP) is 3.41. The first-order valence-electron chi connectivity index (χ1n) is 9.10. The molecule has 8 nitrogen and oxygen atoms in total. The van der Waals surface area contributed by atoms with Crippen molar-refractivity contribution in [3.05, 3.63) is 54.7 Å². The summed E-state index contributed by atoms with van der Waals surface area (Å²) in [7, 11) is 0. The Kier molecular flexibility index (Phi) is 6.61. The minimum absolute atomic E-state index is 0.0374. The highest BCUT2D eigenvalue weighted by molar-refractivity contribution is 6.38. The minimum Gasteiger partial charge on any atom is -0.436 e. The van der Waals surface area contributed by atoms with Crippen LogP contribution in [0.25, 0.3) is 11.3 Å². The van der Waals surface area contributed by atoms with Gasteiger partial charge >= 0.3 is 11.9 Å². The van der Waals surface area contributed by atoms with Crippen LogP contribution in [0.3, 0.4) is 0 Å². The highest BCUT2D eigenvalue weighted by Gasteiger charge is 2.30. The number of hydrogen-bond donors (Lipinski definition) is 1. The number of aliphatic imine (C=N–C) groups is 1. The number of ketones is 1. The van der Waals surface area contributed by atoms with E-state index in [0.717, 1.165) is 0 Å². The van der Waals surface area contributed by atoms with Crippen molar-refractivity contribution in [2.45, 2.75) is 26.6 Å². The van der Waals surface area contributed by atoms with E-state index in [9.17, 15) is 27.6 Å². The number of Topliss-reactive ketones (excluding diaryl/α,β-unsaturated/α-hetero) is 1. The molecule has 32 heavy (non-hydrogen) atoms. The van der Waals surface area contributed by atoms with Crippen molar-refractivity contribution in [1.29, 1.82) is 0 Å². The number of carbonyl (C=O) groups excluding carboxylic acids is 1. The third kappa shape index (κ3) is 5.28. The van der Waals surface area contributed by atoms with Crippen LogP contribution >= 0.6 is 23.2 Å². The molecule has 2 aromatic rings. The minimum atomic E-state index is -4.73. The fourth-order valence-electron chi connectivity index (χ4n) is 2.85. The molecule has 170 valence electrons. The molecule has 0 bridgehead atoms. The van der Waals surface area contributed by atoms with Gasteiger partial charge in [0.2, 0.25) is 5.90 Å². The predicted molar refractivity (Wildman–Crippen MR) is 111 cm³/mol. The first-order chi connectivity index (χ1) is 14.9. The summed E-state index contributed by atoms with van der Waals surface area (Å²) in [6, 6.07) is 2.40. The number of aromatic amines is 1. The summed E-state index contributed by atoms with van der Waals surface area (Å²) in [5, 5.41) is 3.31. The smallest absolute Gasteiger partial charge is 0.408 e. The quantitative estimate of drug-likeness (QED) is 0.706. The molecule has 1 aliphatic rings. The van der Waals surface area contributed by atoms with E-state index in [1.165, 1.54) is 18.2 Å². The van der Waals surface area contributed by atoms with E-state index in [4.69, 9.17) is 27.9 Å². The Morgan fingerprint density at radius 3 is 2.38 bits per heavy atom. The van der Waals surface area contributed by atoms with Gasteiger partial charge in [0.1, 0.15) is 13.1 Å². The average molecular weight is 491 g/mol. The summed E-state index contributed by atoms with van der Waals surface area (Å²) in [4.78, 5) is 41.5. The lowest BCUT2D eigenvalue weighted by atomic mass is 9.97. The zero-order chi connectivity index (χ0) is 23.8. The SMILES string of the molecule is CC(C)C1=CC(Oc2c(Cl)cc(-c3nn(CC(F)(F)F)c(=O)[nH]c3=O)cc2Cl)=NCC1=O. The first kappa shape index (κ1) is 23.7. The number of rotatable bonds is 4. The largest absolute Gasteiger partial charge is 0.436 e. The van der Waals surface area contributed by atoms with Crippen molar-refractivity contribution in [3.8, 4) is 17.0 Å². The second-order valence-corrected chi connectivity index (χ2v) is 7.90. The third-order valence-corrected chi connectivity index (χ3v) is 4.86. The van der Waals surface area contributed by atoms with Crippen molar-refractivity contribution >= 4 is 34.9 Å². The fourth-order valence-corrected chi connectivity index (χ4v) is 3.41. The van der Waals surface area contributed by atoms with Gasteiger partial charge in [-0.15, -0.1) is 0 Å². The lowest BCUT2D eigenvalue weighted by Crippen LogP contribution is -2.37. The van der Waals surface area contributed by atoms with Gasteiger partial charge in [-0.2, -0.15) is 18.3 Å². The lowest BCUT2D eigenvalue weighted by Gasteiger charge is -2.17. The molecule has 1 aromatic carbocycles. The van der Waals surface area contributed by atoms with E-state index < -0.39 is 29.7 Å². The van der Waals surface area contributed by atoms with Gasteiger partial charge in [-0.25, -0.2) is 14.5 Å². The van der Waals surface area contributed by atoms with E-state index in [0.29, 0.717) is 5.57 Å². The molecule has 0 fully saturated rings. The molecule has 0 radical (unpaired) electrons. The van der Waals surface area contributed by atoms with Gasteiger partial charge in [-0.3, -0.25) is 14.6 Å². The average Bonchev–Trinajstić information content (AvgIpc) is 2.66. The van der Waals surface area contributed by atoms with E-state index in [-0.39, 0.29) is 50.2 Å². The number of dihydropyridines is 1. The lowest BCUT2D eigenvalue weighted by molar-refractivity contribution is -0.143. The standard InChI is InChI=1S/C19H15Cl2F3N4O4/c1-8(2)10-5-14(25-6-13(10)29)32-16-11(20)3-9(4-12(16)21)15-17(30)26-18(31)28(27-15)7-19(22,23)24/h3-5,8H,6-7H2,1-2H3,(H,26,30,31). The highest BCUT2D eigenvalue weighted by Crippen LogP contribution is 2.37. The van der Waals surface area contributed by atoms with Crippen molar-refractivity contribution in [3.63, 3.8) is 0 Å². The van der Waals surface area contributed by atoms with Crippen LogP contribution in [0.5, 0.6) is 5.75 Å². The Morgan fingerprint density at radius 2 is 1.81 bits per heavy atom. The normalized spacial score (nSPS) is 14.4.